The molecule has 0 radical (unpaired) electrons. The van der Waals surface area contributed by atoms with Crippen molar-refractivity contribution in [1.82, 2.24) is 5.32 Å². The maximum atomic E-state index is 5.61. The van der Waals surface area contributed by atoms with Crippen molar-refractivity contribution < 1.29 is 9.47 Å². The summed E-state index contributed by atoms with van der Waals surface area (Å²) in [7, 11) is 1.75. The van der Waals surface area contributed by atoms with Crippen LogP contribution in [0.4, 0.5) is 0 Å². The van der Waals surface area contributed by atoms with Gasteiger partial charge < -0.3 is 14.8 Å². The predicted molar refractivity (Wildman–Crippen MR) is 68.8 cm³/mol. The first-order valence-electron chi connectivity index (χ1n) is 6.50. The van der Waals surface area contributed by atoms with Crippen LogP contribution in [0.1, 0.15) is 40.0 Å². The van der Waals surface area contributed by atoms with Crippen molar-refractivity contribution in [3.8, 4) is 0 Å². The van der Waals surface area contributed by atoms with Crippen molar-refractivity contribution in [2.45, 2.75) is 46.1 Å². The second-order valence-corrected chi connectivity index (χ2v) is 4.69. The lowest BCUT2D eigenvalue weighted by molar-refractivity contribution is 0.0968. The Morgan fingerprint density at radius 1 is 1.12 bits per heavy atom. The lowest BCUT2D eigenvalue weighted by Crippen LogP contribution is -2.34. The number of hydrogen-bond donors (Lipinski definition) is 1. The van der Waals surface area contributed by atoms with Gasteiger partial charge in [-0.25, -0.2) is 0 Å². The average molecular weight is 231 g/mol. The van der Waals surface area contributed by atoms with Crippen LogP contribution in [0, 0.1) is 5.92 Å². The predicted octanol–water partition coefficient (Wildman–Crippen LogP) is 2.45. The van der Waals surface area contributed by atoms with Crippen LogP contribution >= 0.6 is 0 Å². The van der Waals surface area contributed by atoms with Gasteiger partial charge in [0.1, 0.15) is 0 Å². The Bertz CT molecular complexity index is 140. The molecule has 1 N–H and O–H groups in total. The number of hydrogen-bond acceptors (Lipinski definition) is 3. The second-order valence-electron chi connectivity index (χ2n) is 4.69. The van der Waals surface area contributed by atoms with Crippen molar-refractivity contribution in [3.05, 3.63) is 0 Å². The molecule has 98 valence electrons. The number of ether oxygens (including phenoxy) is 2. The van der Waals surface area contributed by atoms with Crippen molar-refractivity contribution in [2.75, 3.05) is 33.5 Å². The fourth-order valence-corrected chi connectivity index (χ4v) is 1.44. The van der Waals surface area contributed by atoms with E-state index in [1.165, 1.54) is 0 Å². The van der Waals surface area contributed by atoms with Crippen LogP contribution in [0.15, 0.2) is 0 Å². The molecular formula is C13H29NO2. The molecule has 0 spiro atoms. The molecule has 0 saturated carbocycles. The van der Waals surface area contributed by atoms with Gasteiger partial charge in [0.05, 0.1) is 6.61 Å². The standard InChI is InChI=1S/C13H29NO2/c1-5-8-14-13(11-15-4)7-10-16-9-6-12(2)3/h12-14H,5-11H2,1-4H3. The molecular weight excluding hydrogens is 202 g/mol. The lowest BCUT2D eigenvalue weighted by atomic mass is 10.1. The molecule has 0 aromatic heterocycles. The summed E-state index contributed by atoms with van der Waals surface area (Å²) in [5.74, 6) is 0.730. The number of nitrogens with one attached hydrogen (secondary N) is 1. The largest absolute Gasteiger partial charge is 0.383 e. The zero-order valence-corrected chi connectivity index (χ0v) is 11.4. The molecule has 0 heterocycles. The van der Waals surface area contributed by atoms with Gasteiger partial charge in [-0.15, -0.1) is 0 Å². The van der Waals surface area contributed by atoms with Crippen LogP contribution in [0.25, 0.3) is 0 Å². The molecule has 1 unspecified atom stereocenters. The topological polar surface area (TPSA) is 30.5 Å². The highest BCUT2D eigenvalue weighted by Crippen LogP contribution is 2.00. The normalized spacial score (nSPS) is 13.3. The van der Waals surface area contributed by atoms with Gasteiger partial charge in [0, 0.05) is 26.4 Å². The minimum atomic E-state index is 0.434. The molecule has 0 saturated heterocycles. The Labute approximate surface area is 101 Å². The summed E-state index contributed by atoms with van der Waals surface area (Å²) in [5, 5.41) is 3.47. The van der Waals surface area contributed by atoms with Crippen LogP contribution in [0.3, 0.4) is 0 Å². The van der Waals surface area contributed by atoms with Gasteiger partial charge in [0.25, 0.3) is 0 Å². The maximum Gasteiger partial charge on any atom is 0.0616 e. The number of rotatable bonds is 11. The van der Waals surface area contributed by atoms with Gasteiger partial charge in [-0.1, -0.05) is 20.8 Å². The third-order valence-corrected chi connectivity index (χ3v) is 2.50. The smallest absolute Gasteiger partial charge is 0.0616 e. The Morgan fingerprint density at radius 3 is 2.38 bits per heavy atom. The zero-order chi connectivity index (χ0) is 12.2. The summed E-state index contributed by atoms with van der Waals surface area (Å²) in [4.78, 5) is 0. The van der Waals surface area contributed by atoms with Crippen LogP contribution in [0.5, 0.6) is 0 Å². The van der Waals surface area contributed by atoms with Crippen LogP contribution in [-0.2, 0) is 9.47 Å². The first-order chi connectivity index (χ1) is 7.70. The zero-order valence-electron chi connectivity index (χ0n) is 11.4. The van der Waals surface area contributed by atoms with E-state index < -0.39 is 0 Å². The summed E-state index contributed by atoms with van der Waals surface area (Å²) in [6, 6.07) is 0.434. The fraction of sp³-hybridized carbons (Fsp3) is 1.00. The van der Waals surface area contributed by atoms with Crippen molar-refractivity contribution in [1.29, 1.82) is 0 Å². The molecule has 16 heavy (non-hydrogen) atoms. The van der Waals surface area contributed by atoms with E-state index in [4.69, 9.17) is 9.47 Å². The summed E-state index contributed by atoms with van der Waals surface area (Å²) in [6.45, 7) is 10.2. The van der Waals surface area contributed by atoms with Gasteiger partial charge in [0.15, 0.2) is 0 Å². The maximum absolute atomic E-state index is 5.61. The summed E-state index contributed by atoms with van der Waals surface area (Å²) in [6.07, 6.45) is 3.34. The molecule has 0 aliphatic carbocycles. The molecule has 3 heteroatoms. The van der Waals surface area contributed by atoms with Gasteiger partial charge in [-0.3, -0.25) is 0 Å². The second kappa shape index (κ2) is 11.4. The first-order valence-corrected chi connectivity index (χ1v) is 6.50. The van der Waals surface area contributed by atoms with Gasteiger partial charge in [-0.05, 0) is 31.7 Å². The monoisotopic (exact) mass is 231 g/mol. The third kappa shape index (κ3) is 10.4. The average Bonchev–Trinajstić information content (AvgIpc) is 2.24. The molecule has 0 aliphatic rings. The number of methoxy groups -OCH3 is 1. The van der Waals surface area contributed by atoms with E-state index in [-0.39, 0.29) is 0 Å². The Morgan fingerprint density at radius 2 is 1.81 bits per heavy atom. The molecule has 0 aliphatic heterocycles. The van der Waals surface area contributed by atoms with Crippen LogP contribution < -0.4 is 5.32 Å². The summed E-state index contributed by atoms with van der Waals surface area (Å²) >= 11 is 0. The molecule has 0 aromatic rings. The Balaban J connectivity index is 3.43. The molecule has 0 aromatic carbocycles. The van der Waals surface area contributed by atoms with Crippen molar-refractivity contribution in [3.63, 3.8) is 0 Å². The SMILES string of the molecule is CCCNC(CCOCCC(C)C)COC. The third-order valence-electron chi connectivity index (χ3n) is 2.50. The molecule has 0 amide bonds. The molecule has 0 bridgehead atoms. The van der Waals surface area contributed by atoms with Gasteiger partial charge >= 0.3 is 0 Å². The van der Waals surface area contributed by atoms with Crippen LogP contribution in [0.2, 0.25) is 0 Å². The lowest BCUT2D eigenvalue weighted by Gasteiger charge is -2.17. The molecule has 0 fully saturated rings. The van der Waals surface area contributed by atoms with E-state index >= 15 is 0 Å². The minimum Gasteiger partial charge on any atom is -0.383 e. The summed E-state index contributed by atoms with van der Waals surface area (Å²) < 4.78 is 10.8. The Hall–Kier alpha value is -0.120. The first kappa shape index (κ1) is 15.9. The highest BCUT2D eigenvalue weighted by atomic mass is 16.5. The fourth-order valence-electron chi connectivity index (χ4n) is 1.44. The van der Waals surface area contributed by atoms with Crippen molar-refractivity contribution >= 4 is 0 Å². The van der Waals surface area contributed by atoms with Gasteiger partial charge in [-0.2, -0.15) is 0 Å². The van der Waals surface area contributed by atoms with E-state index in [1.54, 1.807) is 7.11 Å². The van der Waals surface area contributed by atoms with E-state index in [2.05, 4.69) is 26.1 Å². The van der Waals surface area contributed by atoms with Gasteiger partial charge in [0.2, 0.25) is 0 Å². The quantitative estimate of drug-likeness (QED) is 0.554. The highest BCUT2D eigenvalue weighted by molar-refractivity contribution is 4.65. The van der Waals surface area contributed by atoms with E-state index in [0.717, 1.165) is 51.5 Å². The summed E-state index contributed by atoms with van der Waals surface area (Å²) in [5.41, 5.74) is 0. The molecule has 1 atom stereocenters. The van der Waals surface area contributed by atoms with E-state index in [1.807, 2.05) is 0 Å². The van der Waals surface area contributed by atoms with Crippen molar-refractivity contribution in [2.24, 2.45) is 5.92 Å². The van der Waals surface area contributed by atoms with E-state index in [9.17, 15) is 0 Å². The highest BCUT2D eigenvalue weighted by Gasteiger charge is 2.06. The minimum absolute atomic E-state index is 0.434. The molecule has 0 rings (SSSR count). The molecule has 3 nitrogen and oxygen atoms in total. The Kier molecular flexibility index (Phi) is 11.3. The van der Waals surface area contributed by atoms with Crippen LogP contribution in [-0.4, -0.2) is 39.5 Å². The van der Waals surface area contributed by atoms with E-state index in [0.29, 0.717) is 6.04 Å².